The Kier molecular flexibility index (Phi) is 7.28. The Morgan fingerprint density at radius 3 is 2.50 bits per heavy atom. The average Bonchev–Trinajstić information content (AvgIpc) is 3.27. The van der Waals surface area contributed by atoms with Crippen LogP contribution in [0.15, 0.2) is 47.4 Å². The predicted octanol–water partition coefficient (Wildman–Crippen LogP) is 0.0981. The van der Waals surface area contributed by atoms with Gasteiger partial charge in [0.25, 0.3) is 5.91 Å². The standard InChI is InChI=1S/C23H25ClN2O9S/c1-25(26-9-8-12-4-2-3-5-15(12)26)22(30)13-6-7-14(24)17(10-13)36(33,34)11-16-18(27)19(28)20(29)21(35-16)23(31)32/h2-7,10,16,18-21,27-29H,8-9,11H2,1H3,(H,31,32). The first-order valence-electron chi connectivity index (χ1n) is 11.0. The Labute approximate surface area is 212 Å². The highest BCUT2D eigenvalue weighted by molar-refractivity contribution is 7.91. The van der Waals surface area contributed by atoms with Crippen molar-refractivity contribution < 1.29 is 43.2 Å². The number of para-hydroxylation sites is 1. The van der Waals surface area contributed by atoms with Crippen LogP contribution in [0.2, 0.25) is 5.02 Å². The molecule has 2 heterocycles. The molecule has 2 aliphatic heterocycles. The Morgan fingerprint density at radius 1 is 1.11 bits per heavy atom. The van der Waals surface area contributed by atoms with E-state index in [1.165, 1.54) is 17.1 Å². The lowest BCUT2D eigenvalue weighted by Crippen LogP contribution is -2.61. The third kappa shape index (κ3) is 4.80. The minimum Gasteiger partial charge on any atom is -0.479 e. The molecule has 0 bridgehead atoms. The van der Waals surface area contributed by atoms with Crippen LogP contribution in [0, 0.1) is 0 Å². The number of rotatable bonds is 6. The summed E-state index contributed by atoms with van der Waals surface area (Å²) in [7, 11) is -2.78. The van der Waals surface area contributed by atoms with Crippen molar-refractivity contribution >= 4 is 39.0 Å². The van der Waals surface area contributed by atoms with Gasteiger partial charge < -0.3 is 25.2 Å². The summed E-state index contributed by atoms with van der Waals surface area (Å²) in [6.07, 6.45) is -8.64. The predicted molar refractivity (Wildman–Crippen MR) is 127 cm³/mol. The molecule has 5 unspecified atom stereocenters. The molecular weight excluding hydrogens is 516 g/mol. The number of hydrazine groups is 1. The van der Waals surface area contributed by atoms with Gasteiger partial charge in [-0.15, -0.1) is 0 Å². The molecule has 4 N–H and O–H groups in total. The monoisotopic (exact) mass is 540 g/mol. The molecule has 4 rings (SSSR count). The Morgan fingerprint density at radius 2 is 1.81 bits per heavy atom. The van der Waals surface area contributed by atoms with Crippen LogP contribution in [0.25, 0.3) is 0 Å². The second kappa shape index (κ2) is 9.96. The molecule has 0 aromatic heterocycles. The van der Waals surface area contributed by atoms with Gasteiger partial charge >= 0.3 is 5.97 Å². The zero-order chi connectivity index (χ0) is 26.4. The molecule has 1 fully saturated rings. The Balaban J connectivity index is 1.58. The molecule has 2 aromatic carbocycles. The van der Waals surface area contributed by atoms with Gasteiger partial charge in [0.1, 0.15) is 24.4 Å². The zero-order valence-electron chi connectivity index (χ0n) is 19.1. The lowest BCUT2D eigenvalue weighted by atomic mass is 9.96. The molecule has 2 aliphatic rings. The van der Waals surface area contributed by atoms with Gasteiger partial charge in [0.05, 0.1) is 21.4 Å². The van der Waals surface area contributed by atoms with E-state index in [0.29, 0.717) is 6.54 Å². The smallest absolute Gasteiger partial charge is 0.335 e. The van der Waals surface area contributed by atoms with Gasteiger partial charge in [-0.25, -0.2) is 13.2 Å². The molecule has 194 valence electrons. The van der Waals surface area contributed by atoms with Crippen LogP contribution in [0.1, 0.15) is 15.9 Å². The number of benzene rings is 2. The van der Waals surface area contributed by atoms with Crippen LogP contribution in [0.4, 0.5) is 5.69 Å². The number of halogens is 1. The fourth-order valence-corrected chi connectivity index (χ4v) is 6.43. The van der Waals surface area contributed by atoms with Crippen LogP contribution in [-0.2, 0) is 25.8 Å². The van der Waals surface area contributed by atoms with Crippen molar-refractivity contribution in [2.45, 2.75) is 41.8 Å². The number of carbonyl (C=O) groups excluding carboxylic acids is 1. The van der Waals surface area contributed by atoms with E-state index >= 15 is 0 Å². The van der Waals surface area contributed by atoms with E-state index in [1.54, 1.807) is 12.1 Å². The third-order valence-electron chi connectivity index (χ3n) is 6.37. The number of anilines is 1. The molecule has 36 heavy (non-hydrogen) atoms. The van der Waals surface area contributed by atoms with E-state index < -0.39 is 62.9 Å². The largest absolute Gasteiger partial charge is 0.479 e. The van der Waals surface area contributed by atoms with Crippen LogP contribution < -0.4 is 5.01 Å². The van der Waals surface area contributed by atoms with Crippen molar-refractivity contribution in [1.82, 2.24) is 5.01 Å². The van der Waals surface area contributed by atoms with Crippen molar-refractivity contribution in [3.63, 3.8) is 0 Å². The molecule has 1 amide bonds. The maximum absolute atomic E-state index is 13.2. The van der Waals surface area contributed by atoms with E-state index in [-0.39, 0.29) is 10.6 Å². The topological polar surface area (TPSA) is 165 Å². The van der Waals surface area contributed by atoms with E-state index in [1.807, 2.05) is 24.3 Å². The van der Waals surface area contributed by atoms with Crippen molar-refractivity contribution in [3.05, 3.63) is 58.6 Å². The van der Waals surface area contributed by atoms with Gasteiger partial charge in [-0.2, -0.15) is 0 Å². The quantitative estimate of drug-likeness (QED) is 0.395. The van der Waals surface area contributed by atoms with Gasteiger partial charge in [-0.3, -0.25) is 14.8 Å². The van der Waals surface area contributed by atoms with Gasteiger partial charge in [0.2, 0.25) is 0 Å². The fourth-order valence-electron chi connectivity index (χ4n) is 4.40. The van der Waals surface area contributed by atoms with Crippen LogP contribution in [0.3, 0.4) is 0 Å². The van der Waals surface area contributed by atoms with E-state index in [0.717, 1.165) is 23.7 Å². The highest BCUT2D eigenvalue weighted by Crippen LogP contribution is 2.31. The number of amides is 1. The van der Waals surface area contributed by atoms with Crippen LogP contribution >= 0.6 is 11.6 Å². The summed E-state index contributed by atoms with van der Waals surface area (Å²) < 4.78 is 31.5. The van der Waals surface area contributed by atoms with Crippen molar-refractivity contribution in [2.75, 3.05) is 24.4 Å². The lowest BCUT2D eigenvalue weighted by Gasteiger charge is -2.38. The minimum atomic E-state index is -4.35. The van der Waals surface area contributed by atoms with Crippen LogP contribution in [0.5, 0.6) is 0 Å². The molecule has 0 radical (unpaired) electrons. The molecule has 0 saturated carbocycles. The first-order chi connectivity index (χ1) is 16.9. The number of carbonyl (C=O) groups is 2. The number of fused-ring (bicyclic) bond motifs is 1. The number of sulfone groups is 1. The summed E-state index contributed by atoms with van der Waals surface area (Å²) >= 11 is 6.14. The minimum absolute atomic E-state index is 0.0360. The molecule has 5 atom stereocenters. The highest BCUT2D eigenvalue weighted by atomic mass is 35.5. The van der Waals surface area contributed by atoms with Crippen molar-refractivity contribution in [2.24, 2.45) is 0 Å². The molecular formula is C23H25ClN2O9S. The van der Waals surface area contributed by atoms with Gasteiger partial charge in [-0.05, 0) is 36.2 Å². The number of nitrogens with zero attached hydrogens (tertiary/aromatic N) is 2. The molecule has 0 aliphatic carbocycles. The number of aliphatic hydroxyl groups is 3. The first kappa shape index (κ1) is 26.3. The average molecular weight is 541 g/mol. The lowest BCUT2D eigenvalue weighted by molar-refractivity contribution is -0.222. The maximum Gasteiger partial charge on any atom is 0.335 e. The normalized spacial score (nSPS) is 25.9. The molecule has 0 spiro atoms. The second-order valence-electron chi connectivity index (χ2n) is 8.66. The van der Waals surface area contributed by atoms with Gasteiger partial charge in [-0.1, -0.05) is 29.8 Å². The summed E-state index contributed by atoms with van der Waals surface area (Å²) in [5, 5.41) is 42.2. The molecule has 2 aromatic rings. The number of carboxylic acid groups (broad SMARTS) is 1. The van der Waals surface area contributed by atoms with Gasteiger partial charge in [0.15, 0.2) is 15.9 Å². The fraction of sp³-hybridized carbons (Fsp3) is 0.391. The van der Waals surface area contributed by atoms with E-state index in [2.05, 4.69) is 0 Å². The van der Waals surface area contributed by atoms with Crippen molar-refractivity contribution in [3.8, 4) is 0 Å². The SMILES string of the molecule is CN(C(=O)c1ccc(Cl)c(S(=O)(=O)CC2OC(C(=O)O)C(O)C(O)C2O)c1)N1CCc2ccccc21. The summed E-state index contributed by atoms with van der Waals surface area (Å²) in [6.45, 7) is 0.566. The number of hydrogen-bond acceptors (Lipinski definition) is 9. The Bertz CT molecular complexity index is 1290. The summed E-state index contributed by atoms with van der Waals surface area (Å²) in [5.41, 5.74) is 1.98. The number of ether oxygens (including phenoxy) is 1. The van der Waals surface area contributed by atoms with E-state index in [4.69, 9.17) is 16.3 Å². The Hall–Kier alpha value is -2.74. The van der Waals surface area contributed by atoms with Crippen molar-refractivity contribution in [1.29, 1.82) is 0 Å². The maximum atomic E-state index is 13.2. The summed E-state index contributed by atoms with van der Waals surface area (Å²) in [5.74, 6) is -3.07. The first-order valence-corrected chi connectivity index (χ1v) is 13.0. The summed E-state index contributed by atoms with van der Waals surface area (Å²) in [4.78, 5) is 24.1. The molecule has 1 saturated heterocycles. The number of carboxylic acids is 1. The summed E-state index contributed by atoms with van der Waals surface area (Å²) in [6, 6.07) is 11.4. The molecule has 13 heteroatoms. The highest BCUT2D eigenvalue weighted by Gasteiger charge is 2.48. The zero-order valence-corrected chi connectivity index (χ0v) is 20.6. The van der Waals surface area contributed by atoms with Gasteiger partial charge in [0, 0.05) is 19.2 Å². The second-order valence-corrected chi connectivity index (χ2v) is 11.1. The number of hydrogen-bond donors (Lipinski definition) is 4. The van der Waals surface area contributed by atoms with Crippen LogP contribution in [-0.4, -0.2) is 95.6 Å². The van der Waals surface area contributed by atoms with E-state index in [9.17, 15) is 38.4 Å². The number of aliphatic carboxylic acids is 1. The third-order valence-corrected chi connectivity index (χ3v) is 8.59. The molecule has 11 nitrogen and oxygen atoms in total. The number of aliphatic hydroxyl groups excluding tert-OH is 3.